The van der Waals surface area contributed by atoms with E-state index in [2.05, 4.69) is 6.07 Å². The van der Waals surface area contributed by atoms with Crippen LogP contribution in [0.5, 0.6) is 0 Å². The van der Waals surface area contributed by atoms with Gasteiger partial charge in [-0.05, 0) is 31.4 Å². The van der Waals surface area contributed by atoms with E-state index in [9.17, 15) is 9.90 Å². The molecule has 3 nitrogen and oxygen atoms in total. The van der Waals surface area contributed by atoms with Crippen LogP contribution < -0.4 is 0 Å². The van der Waals surface area contributed by atoms with E-state index in [0.29, 0.717) is 6.42 Å². The molecule has 0 aromatic heterocycles. The molecule has 1 atom stereocenters. The Morgan fingerprint density at radius 3 is 2.56 bits per heavy atom. The third-order valence-electron chi connectivity index (χ3n) is 3.23. The molecular formula is C13H17NO2. The fourth-order valence-electron chi connectivity index (χ4n) is 2.31. The Morgan fingerprint density at radius 1 is 1.38 bits per heavy atom. The number of carbonyl (C=O) groups is 1. The fourth-order valence-corrected chi connectivity index (χ4v) is 2.31. The molecule has 1 unspecified atom stereocenters. The molecule has 1 aliphatic heterocycles. The van der Waals surface area contributed by atoms with Crippen molar-refractivity contribution in [2.45, 2.75) is 38.9 Å². The molecular weight excluding hydrogens is 202 g/mol. The number of nitrogens with zero attached hydrogens (tertiary/aromatic N) is 1. The summed E-state index contributed by atoms with van der Waals surface area (Å²) in [5, 5.41) is 9.24. The smallest absolute Gasteiger partial charge is 0.321 e. The lowest BCUT2D eigenvalue weighted by molar-refractivity contribution is -0.144. The minimum absolute atomic E-state index is 0.259. The first-order valence-corrected chi connectivity index (χ1v) is 5.65. The number of hydrogen-bond donors (Lipinski definition) is 1. The highest BCUT2D eigenvalue weighted by Gasteiger charge is 2.32. The normalized spacial score (nSPS) is 20.8. The summed E-state index contributed by atoms with van der Waals surface area (Å²) in [4.78, 5) is 13.3. The largest absolute Gasteiger partial charge is 0.480 e. The molecule has 1 heterocycles. The predicted octanol–water partition coefficient (Wildman–Crippen LogP) is 1.91. The summed E-state index contributed by atoms with van der Waals surface area (Å²) in [6.07, 6.45) is 0.615. The third kappa shape index (κ3) is 1.95. The summed E-state index contributed by atoms with van der Waals surface area (Å²) in [7, 11) is 0. The maximum absolute atomic E-state index is 11.2. The summed E-state index contributed by atoms with van der Waals surface area (Å²) in [6.45, 7) is 4.83. The van der Waals surface area contributed by atoms with E-state index in [4.69, 9.17) is 0 Å². The van der Waals surface area contributed by atoms with E-state index in [1.165, 1.54) is 11.1 Å². The van der Waals surface area contributed by atoms with Crippen LogP contribution in [-0.4, -0.2) is 28.1 Å². The molecule has 2 rings (SSSR count). The molecule has 1 aliphatic rings. The Kier molecular flexibility index (Phi) is 2.97. The van der Waals surface area contributed by atoms with E-state index in [0.717, 1.165) is 6.54 Å². The van der Waals surface area contributed by atoms with Crippen molar-refractivity contribution in [3.8, 4) is 0 Å². The second-order valence-electron chi connectivity index (χ2n) is 4.59. The second-order valence-corrected chi connectivity index (χ2v) is 4.59. The number of rotatable bonds is 2. The molecule has 1 aromatic rings. The van der Waals surface area contributed by atoms with Gasteiger partial charge in [-0.1, -0.05) is 24.3 Å². The molecule has 1 N–H and O–H groups in total. The Balaban J connectivity index is 2.33. The molecule has 0 saturated carbocycles. The molecule has 1 aromatic carbocycles. The molecule has 0 aliphatic carbocycles. The minimum Gasteiger partial charge on any atom is -0.480 e. The molecule has 3 heteroatoms. The minimum atomic E-state index is -0.719. The average molecular weight is 219 g/mol. The topological polar surface area (TPSA) is 40.5 Å². The number of aliphatic carboxylic acids is 1. The molecule has 0 spiro atoms. The average Bonchev–Trinajstić information content (AvgIpc) is 2.27. The number of carboxylic acid groups (broad SMARTS) is 1. The van der Waals surface area contributed by atoms with Crippen LogP contribution in [0.3, 0.4) is 0 Å². The fraction of sp³-hybridized carbons (Fsp3) is 0.462. The van der Waals surface area contributed by atoms with Gasteiger partial charge in [-0.25, -0.2) is 0 Å². The number of benzene rings is 1. The van der Waals surface area contributed by atoms with Gasteiger partial charge in [0.15, 0.2) is 0 Å². The number of hydrogen-bond acceptors (Lipinski definition) is 2. The SMILES string of the molecule is CC(C)N1Cc2ccccc2CC1C(=O)O. The van der Waals surface area contributed by atoms with Crippen molar-refractivity contribution in [3.63, 3.8) is 0 Å². The first-order valence-electron chi connectivity index (χ1n) is 5.65. The van der Waals surface area contributed by atoms with Crippen molar-refractivity contribution >= 4 is 5.97 Å². The van der Waals surface area contributed by atoms with Crippen molar-refractivity contribution in [1.29, 1.82) is 0 Å². The summed E-state index contributed by atoms with van der Waals surface area (Å²) in [5.41, 5.74) is 2.43. The highest BCUT2D eigenvalue weighted by molar-refractivity contribution is 5.74. The Labute approximate surface area is 95.7 Å². The van der Waals surface area contributed by atoms with Crippen LogP contribution in [-0.2, 0) is 17.8 Å². The number of fused-ring (bicyclic) bond motifs is 1. The molecule has 0 amide bonds. The lowest BCUT2D eigenvalue weighted by atomic mass is 9.93. The first-order chi connectivity index (χ1) is 7.59. The van der Waals surface area contributed by atoms with Gasteiger partial charge < -0.3 is 5.11 Å². The van der Waals surface area contributed by atoms with E-state index in [-0.39, 0.29) is 12.1 Å². The predicted molar refractivity (Wildman–Crippen MR) is 62.2 cm³/mol. The van der Waals surface area contributed by atoms with E-state index in [1.807, 2.05) is 36.9 Å². The standard InChI is InChI=1S/C13H17NO2/c1-9(2)14-8-11-6-4-3-5-10(11)7-12(14)13(15)16/h3-6,9,12H,7-8H2,1-2H3,(H,15,16). The highest BCUT2D eigenvalue weighted by atomic mass is 16.4. The lowest BCUT2D eigenvalue weighted by Crippen LogP contribution is -2.48. The molecule has 86 valence electrons. The maximum atomic E-state index is 11.2. The van der Waals surface area contributed by atoms with Crippen molar-refractivity contribution in [2.24, 2.45) is 0 Å². The lowest BCUT2D eigenvalue weighted by Gasteiger charge is -2.37. The van der Waals surface area contributed by atoms with Crippen LogP contribution >= 0.6 is 0 Å². The van der Waals surface area contributed by atoms with Gasteiger partial charge in [-0.2, -0.15) is 0 Å². The quantitative estimate of drug-likeness (QED) is 0.826. The molecule has 0 saturated heterocycles. The van der Waals surface area contributed by atoms with Crippen LogP contribution in [0, 0.1) is 0 Å². The zero-order chi connectivity index (χ0) is 11.7. The highest BCUT2D eigenvalue weighted by Crippen LogP contribution is 2.24. The molecule has 0 radical (unpaired) electrons. The zero-order valence-electron chi connectivity index (χ0n) is 9.68. The Morgan fingerprint density at radius 2 is 2.00 bits per heavy atom. The van der Waals surface area contributed by atoms with E-state index >= 15 is 0 Å². The van der Waals surface area contributed by atoms with Crippen molar-refractivity contribution < 1.29 is 9.90 Å². The second kappa shape index (κ2) is 4.26. The van der Waals surface area contributed by atoms with Gasteiger partial charge >= 0.3 is 5.97 Å². The van der Waals surface area contributed by atoms with Gasteiger partial charge in [0, 0.05) is 12.6 Å². The Bertz CT molecular complexity index is 401. The van der Waals surface area contributed by atoms with Crippen LogP contribution in [0.25, 0.3) is 0 Å². The van der Waals surface area contributed by atoms with Crippen LogP contribution in [0.4, 0.5) is 0 Å². The van der Waals surface area contributed by atoms with Gasteiger partial charge in [-0.3, -0.25) is 9.69 Å². The van der Waals surface area contributed by atoms with Crippen LogP contribution in [0.15, 0.2) is 24.3 Å². The molecule has 0 fully saturated rings. The van der Waals surface area contributed by atoms with Crippen molar-refractivity contribution in [2.75, 3.05) is 0 Å². The molecule has 0 bridgehead atoms. The van der Waals surface area contributed by atoms with Crippen LogP contribution in [0.1, 0.15) is 25.0 Å². The zero-order valence-corrected chi connectivity index (χ0v) is 9.68. The molecule has 16 heavy (non-hydrogen) atoms. The third-order valence-corrected chi connectivity index (χ3v) is 3.23. The monoisotopic (exact) mass is 219 g/mol. The summed E-state index contributed by atoms with van der Waals surface area (Å²) in [5.74, 6) is -0.719. The van der Waals surface area contributed by atoms with E-state index < -0.39 is 5.97 Å². The van der Waals surface area contributed by atoms with E-state index in [1.54, 1.807) is 0 Å². The maximum Gasteiger partial charge on any atom is 0.321 e. The van der Waals surface area contributed by atoms with Gasteiger partial charge in [0.05, 0.1) is 0 Å². The summed E-state index contributed by atoms with van der Waals surface area (Å²) < 4.78 is 0. The van der Waals surface area contributed by atoms with Crippen LogP contribution in [0.2, 0.25) is 0 Å². The van der Waals surface area contributed by atoms with Gasteiger partial charge in [0.25, 0.3) is 0 Å². The van der Waals surface area contributed by atoms with Gasteiger partial charge in [0.1, 0.15) is 6.04 Å². The van der Waals surface area contributed by atoms with Gasteiger partial charge in [0.2, 0.25) is 0 Å². The van der Waals surface area contributed by atoms with Gasteiger partial charge in [-0.15, -0.1) is 0 Å². The summed E-state index contributed by atoms with van der Waals surface area (Å²) >= 11 is 0. The summed E-state index contributed by atoms with van der Waals surface area (Å²) in [6, 6.07) is 7.98. The van der Waals surface area contributed by atoms with Crippen molar-refractivity contribution in [1.82, 2.24) is 4.90 Å². The van der Waals surface area contributed by atoms with Crippen molar-refractivity contribution in [3.05, 3.63) is 35.4 Å². The number of carboxylic acids is 1. The first kappa shape index (κ1) is 11.1. The Hall–Kier alpha value is -1.35.